The van der Waals surface area contributed by atoms with Gasteiger partial charge in [0.15, 0.2) is 5.75 Å². The van der Waals surface area contributed by atoms with E-state index in [2.05, 4.69) is 52.2 Å². The predicted molar refractivity (Wildman–Crippen MR) is 66.8 cm³/mol. The first-order valence-electron chi connectivity index (χ1n) is 5.01. The first kappa shape index (κ1) is 11.2. The zero-order valence-electron chi connectivity index (χ0n) is 9.27. The Morgan fingerprint density at radius 1 is 1.31 bits per heavy atom. The maximum absolute atomic E-state index is 5.15. The van der Waals surface area contributed by atoms with Crippen molar-refractivity contribution in [2.24, 2.45) is 0 Å². The van der Waals surface area contributed by atoms with E-state index < -0.39 is 0 Å². The molecule has 0 bridgehead atoms. The molecule has 84 valence electrons. The summed E-state index contributed by atoms with van der Waals surface area (Å²) in [6.45, 7) is 2.82. The Bertz CT molecular complexity index is 476. The Morgan fingerprint density at radius 2 is 2.00 bits per heavy atom. The lowest BCUT2D eigenvalue weighted by Gasteiger charge is -2.04. The van der Waals surface area contributed by atoms with Gasteiger partial charge in [-0.1, -0.05) is 29.8 Å². The molecule has 0 amide bonds. The summed E-state index contributed by atoms with van der Waals surface area (Å²) in [7, 11) is 1.64. The minimum atomic E-state index is 0.740. The molecule has 0 spiro atoms. The first-order valence-corrected chi connectivity index (χ1v) is 5.81. The molecule has 0 fully saturated rings. The quantitative estimate of drug-likeness (QED) is 0.864. The molecule has 0 saturated heterocycles. The standard InChI is InChI=1S/C12H13BrN2O/c1-9-3-5-10(6-4-9)8-15-12(13)11(16-2)7-14-15/h3-7H,8H2,1-2H3. The fourth-order valence-corrected chi connectivity index (χ4v) is 1.95. The summed E-state index contributed by atoms with van der Waals surface area (Å²) in [6.07, 6.45) is 1.71. The summed E-state index contributed by atoms with van der Waals surface area (Å²) in [5.74, 6) is 0.757. The average Bonchev–Trinajstić information content (AvgIpc) is 2.63. The van der Waals surface area contributed by atoms with Crippen LogP contribution < -0.4 is 4.74 Å². The molecule has 0 N–H and O–H groups in total. The number of aryl methyl sites for hydroxylation is 1. The fourth-order valence-electron chi connectivity index (χ4n) is 1.47. The van der Waals surface area contributed by atoms with Crippen molar-refractivity contribution in [2.45, 2.75) is 13.5 Å². The Balaban J connectivity index is 2.20. The Kier molecular flexibility index (Phi) is 3.29. The van der Waals surface area contributed by atoms with E-state index in [1.54, 1.807) is 13.3 Å². The number of ether oxygens (including phenoxy) is 1. The lowest BCUT2D eigenvalue weighted by atomic mass is 10.1. The third kappa shape index (κ3) is 2.27. The molecule has 0 aliphatic rings. The minimum Gasteiger partial charge on any atom is -0.492 e. The molecule has 0 aliphatic carbocycles. The molecule has 0 radical (unpaired) electrons. The lowest BCUT2D eigenvalue weighted by Crippen LogP contribution is -2.01. The van der Waals surface area contributed by atoms with E-state index in [1.807, 2.05) is 4.68 Å². The molecule has 3 nitrogen and oxygen atoms in total. The van der Waals surface area contributed by atoms with Crippen LogP contribution in [0.25, 0.3) is 0 Å². The molecule has 0 atom stereocenters. The molecule has 16 heavy (non-hydrogen) atoms. The topological polar surface area (TPSA) is 27.1 Å². The van der Waals surface area contributed by atoms with Gasteiger partial charge in [0.05, 0.1) is 19.9 Å². The molecule has 1 aromatic carbocycles. The van der Waals surface area contributed by atoms with Gasteiger partial charge in [0.2, 0.25) is 0 Å². The summed E-state index contributed by atoms with van der Waals surface area (Å²) >= 11 is 3.46. The number of benzene rings is 1. The Labute approximate surface area is 103 Å². The highest BCUT2D eigenvalue weighted by atomic mass is 79.9. The highest BCUT2D eigenvalue weighted by Crippen LogP contribution is 2.24. The second-order valence-electron chi connectivity index (χ2n) is 3.65. The van der Waals surface area contributed by atoms with Gasteiger partial charge in [0.25, 0.3) is 0 Å². The molecule has 2 aromatic rings. The van der Waals surface area contributed by atoms with Crippen LogP contribution in [0, 0.1) is 6.92 Å². The van der Waals surface area contributed by atoms with E-state index in [0.717, 1.165) is 16.9 Å². The maximum atomic E-state index is 5.15. The van der Waals surface area contributed by atoms with E-state index >= 15 is 0 Å². The third-order valence-corrected chi connectivity index (χ3v) is 3.22. The van der Waals surface area contributed by atoms with Gasteiger partial charge < -0.3 is 4.74 Å². The van der Waals surface area contributed by atoms with Crippen molar-refractivity contribution in [1.29, 1.82) is 0 Å². The lowest BCUT2D eigenvalue weighted by molar-refractivity contribution is 0.411. The second kappa shape index (κ2) is 4.70. The number of aromatic nitrogens is 2. The molecule has 0 aliphatic heterocycles. The van der Waals surface area contributed by atoms with Crippen molar-refractivity contribution in [3.05, 3.63) is 46.2 Å². The Morgan fingerprint density at radius 3 is 2.56 bits per heavy atom. The van der Waals surface area contributed by atoms with Gasteiger partial charge in [0, 0.05) is 0 Å². The number of methoxy groups -OCH3 is 1. The molecular formula is C12H13BrN2O. The van der Waals surface area contributed by atoms with Crippen LogP contribution >= 0.6 is 15.9 Å². The molecule has 1 aromatic heterocycles. The summed E-state index contributed by atoms with van der Waals surface area (Å²) in [6, 6.07) is 8.42. The summed E-state index contributed by atoms with van der Waals surface area (Å²) in [5.41, 5.74) is 2.48. The van der Waals surface area contributed by atoms with Crippen LogP contribution in [0.5, 0.6) is 5.75 Å². The summed E-state index contributed by atoms with van der Waals surface area (Å²) in [4.78, 5) is 0. The van der Waals surface area contributed by atoms with Crippen LogP contribution in [0.1, 0.15) is 11.1 Å². The van der Waals surface area contributed by atoms with Crippen LogP contribution in [-0.2, 0) is 6.54 Å². The number of nitrogens with zero attached hydrogens (tertiary/aromatic N) is 2. The summed E-state index contributed by atoms with van der Waals surface area (Å²) in [5, 5.41) is 4.25. The molecule has 0 saturated carbocycles. The van der Waals surface area contributed by atoms with Crippen molar-refractivity contribution in [2.75, 3.05) is 7.11 Å². The normalized spacial score (nSPS) is 10.4. The number of rotatable bonds is 3. The van der Waals surface area contributed by atoms with Crippen molar-refractivity contribution in [3.63, 3.8) is 0 Å². The van der Waals surface area contributed by atoms with Crippen LogP contribution in [0.3, 0.4) is 0 Å². The molecular weight excluding hydrogens is 268 g/mol. The van der Waals surface area contributed by atoms with E-state index in [-0.39, 0.29) is 0 Å². The van der Waals surface area contributed by atoms with Gasteiger partial charge in [-0.15, -0.1) is 0 Å². The van der Waals surface area contributed by atoms with Gasteiger partial charge in [-0.05, 0) is 28.4 Å². The monoisotopic (exact) mass is 280 g/mol. The van der Waals surface area contributed by atoms with Crippen molar-refractivity contribution in [3.8, 4) is 5.75 Å². The van der Waals surface area contributed by atoms with Crippen molar-refractivity contribution < 1.29 is 4.74 Å². The number of halogens is 1. The van der Waals surface area contributed by atoms with E-state index in [1.165, 1.54) is 11.1 Å². The van der Waals surface area contributed by atoms with Gasteiger partial charge in [-0.2, -0.15) is 5.10 Å². The Hall–Kier alpha value is -1.29. The predicted octanol–water partition coefficient (Wildman–Crippen LogP) is 3.01. The fraction of sp³-hybridized carbons (Fsp3) is 0.250. The zero-order valence-corrected chi connectivity index (χ0v) is 10.9. The van der Waals surface area contributed by atoms with Gasteiger partial charge in [0.1, 0.15) is 4.60 Å². The van der Waals surface area contributed by atoms with Crippen LogP contribution in [-0.4, -0.2) is 16.9 Å². The molecule has 1 heterocycles. The van der Waals surface area contributed by atoms with Crippen molar-refractivity contribution >= 4 is 15.9 Å². The van der Waals surface area contributed by atoms with E-state index in [9.17, 15) is 0 Å². The average molecular weight is 281 g/mol. The second-order valence-corrected chi connectivity index (χ2v) is 4.40. The highest BCUT2D eigenvalue weighted by molar-refractivity contribution is 9.10. The van der Waals surface area contributed by atoms with E-state index in [4.69, 9.17) is 4.74 Å². The smallest absolute Gasteiger partial charge is 0.171 e. The first-order chi connectivity index (χ1) is 7.70. The highest BCUT2D eigenvalue weighted by Gasteiger charge is 2.07. The minimum absolute atomic E-state index is 0.740. The van der Waals surface area contributed by atoms with Crippen LogP contribution in [0.2, 0.25) is 0 Å². The van der Waals surface area contributed by atoms with Gasteiger partial charge in [-0.3, -0.25) is 4.68 Å². The molecule has 2 rings (SSSR count). The van der Waals surface area contributed by atoms with Gasteiger partial charge in [-0.25, -0.2) is 0 Å². The van der Waals surface area contributed by atoms with E-state index in [0.29, 0.717) is 0 Å². The van der Waals surface area contributed by atoms with Crippen LogP contribution in [0.15, 0.2) is 35.1 Å². The largest absolute Gasteiger partial charge is 0.492 e. The molecule has 0 unspecified atom stereocenters. The van der Waals surface area contributed by atoms with Crippen molar-refractivity contribution in [1.82, 2.24) is 9.78 Å². The molecule has 4 heteroatoms. The third-order valence-electron chi connectivity index (χ3n) is 2.42. The SMILES string of the molecule is COc1cnn(Cc2ccc(C)cc2)c1Br. The summed E-state index contributed by atoms with van der Waals surface area (Å²) < 4.78 is 7.89. The van der Waals surface area contributed by atoms with Gasteiger partial charge >= 0.3 is 0 Å². The number of hydrogen-bond acceptors (Lipinski definition) is 2. The van der Waals surface area contributed by atoms with Crippen LogP contribution in [0.4, 0.5) is 0 Å². The zero-order chi connectivity index (χ0) is 11.5. The number of hydrogen-bond donors (Lipinski definition) is 0. The maximum Gasteiger partial charge on any atom is 0.171 e.